The highest BCUT2D eigenvalue weighted by atomic mass is 16.4. The number of carbonyl (C=O) groups excluding carboxylic acids is 1. The van der Waals surface area contributed by atoms with Crippen molar-refractivity contribution in [3.8, 4) is 0 Å². The van der Waals surface area contributed by atoms with E-state index in [0.717, 1.165) is 11.1 Å². The van der Waals surface area contributed by atoms with Crippen molar-refractivity contribution in [1.82, 2.24) is 5.32 Å². The van der Waals surface area contributed by atoms with Crippen LogP contribution in [-0.2, 0) is 10.3 Å². The fourth-order valence-corrected chi connectivity index (χ4v) is 2.45. The number of carbonyl (C=O) groups is 2. The van der Waals surface area contributed by atoms with Crippen LogP contribution < -0.4 is 5.32 Å². The molecule has 5 nitrogen and oxygen atoms in total. The smallest absolute Gasteiger partial charge is 0.306 e. The molecule has 0 spiro atoms. The molecular weight excluding hydrogens is 282 g/mol. The fraction of sp³-hybridized carbons (Fsp3) is 0.294. The van der Waals surface area contributed by atoms with Crippen molar-refractivity contribution < 1.29 is 19.1 Å². The van der Waals surface area contributed by atoms with Crippen LogP contribution in [0.1, 0.15) is 41.4 Å². The van der Waals surface area contributed by atoms with Crippen molar-refractivity contribution in [3.63, 3.8) is 0 Å². The van der Waals surface area contributed by atoms with Gasteiger partial charge >= 0.3 is 5.97 Å². The van der Waals surface area contributed by atoms with E-state index in [1.807, 2.05) is 38.1 Å². The van der Waals surface area contributed by atoms with Crippen molar-refractivity contribution in [3.05, 3.63) is 59.5 Å². The Morgan fingerprint density at radius 2 is 1.91 bits per heavy atom. The first kappa shape index (κ1) is 15.8. The molecule has 22 heavy (non-hydrogen) atoms. The van der Waals surface area contributed by atoms with Crippen LogP contribution in [0.15, 0.2) is 47.1 Å². The van der Waals surface area contributed by atoms with Crippen molar-refractivity contribution in [2.75, 3.05) is 0 Å². The Kier molecular flexibility index (Phi) is 4.65. The molecule has 116 valence electrons. The third-order valence-corrected chi connectivity index (χ3v) is 3.76. The normalized spacial score (nSPS) is 13.4. The van der Waals surface area contributed by atoms with E-state index < -0.39 is 17.4 Å². The summed E-state index contributed by atoms with van der Waals surface area (Å²) in [5.74, 6) is -1.23. The van der Waals surface area contributed by atoms with Crippen molar-refractivity contribution in [1.29, 1.82) is 0 Å². The summed E-state index contributed by atoms with van der Waals surface area (Å²) in [6.45, 7) is 3.81. The summed E-state index contributed by atoms with van der Waals surface area (Å²) in [7, 11) is 0. The number of hydrogen-bond donors (Lipinski definition) is 2. The minimum Gasteiger partial charge on any atom is -0.481 e. The van der Waals surface area contributed by atoms with E-state index >= 15 is 0 Å². The zero-order valence-corrected chi connectivity index (χ0v) is 12.6. The molecule has 1 aromatic heterocycles. The maximum absolute atomic E-state index is 12.3. The molecule has 2 rings (SSSR count). The van der Waals surface area contributed by atoms with Gasteiger partial charge in [-0.3, -0.25) is 9.59 Å². The summed E-state index contributed by atoms with van der Waals surface area (Å²) >= 11 is 0. The van der Waals surface area contributed by atoms with E-state index in [9.17, 15) is 14.7 Å². The van der Waals surface area contributed by atoms with Gasteiger partial charge in [0.1, 0.15) is 0 Å². The van der Waals surface area contributed by atoms with Gasteiger partial charge in [0, 0.05) is 0 Å². The van der Waals surface area contributed by atoms with Gasteiger partial charge in [0.25, 0.3) is 5.91 Å². The first-order chi connectivity index (χ1) is 10.5. The highest BCUT2D eigenvalue weighted by molar-refractivity contribution is 5.92. The van der Waals surface area contributed by atoms with Crippen LogP contribution in [0, 0.1) is 6.92 Å². The predicted octanol–water partition coefficient (Wildman–Crippen LogP) is 3.10. The SMILES string of the molecule is CC[C@](CC(=O)O)(NC(=O)c1ccco1)c1ccc(C)cc1. The monoisotopic (exact) mass is 301 g/mol. The highest BCUT2D eigenvalue weighted by Gasteiger charge is 2.35. The zero-order valence-electron chi connectivity index (χ0n) is 12.6. The molecule has 0 fully saturated rings. The summed E-state index contributed by atoms with van der Waals surface area (Å²) in [6, 6.07) is 10.7. The number of nitrogens with one attached hydrogen (secondary N) is 1. The maximum Gasteiger partial charge on any atom is 0.306 e. The minimum absolute atomic E-state index is 0.162. The molecule has 0 aliphatic rings. The number of carboxylic acids is 1. The van der Waals surface area contributed by atoms with Gasteiger partial charge in [-0.1, -0.05) is 36.8 Å². The van der Waals surface area contributed by atoms with Crippen LogP contribution in [0.25, 0.3) is 0 Å². The molecular formula is C17H19NO4. The average molecular weight is 301 g/mol. The summed E-state index contributed by atoms with van der Waals surface area (Å²) < 4.78 is 5.09. The van der Waals surface area contributed by atoms with Gasteiger partial charge in [-0.25, -0.2) is 0 Å². The molecule has 2 N–H and O–H groups in total. The molecule has 5 heteroatoms. The Morgan fingerprint density at radius 1 is 1.23 bits per heavy atom. The second kappa shape index (κ2) is 6.47. The van der Waals surface area contributed by atoms with Gasteiger partial charge < -0.3 is 14.8 Å². The Labute approximate surface area is 129 Å². The van der Waals surface area contributed by atoms with E-state index in [1.165, 1.54) is 6.26 Å². The molecule has 0 bridgehead atoms. The quantitative estimate of drug-likeness (QED) is 0.859. The third kappa shape index (κ3) is 3.36. The molecule has 1 heterocycles. The highest BCUT2D eigenvalue weighted by Crippen LogP contribution is 2.30. The van der Waals surface area contributed by atoms with E-state index in [0.29, 0.717) is 6.42 Å². The van der Waals surface area contributed by atoms with Crippen LogP contribution in [-0.4, -0.2) is 17.0 Å². The lowest BCUT2D eigenvalue weighted by molar-refractivity contribution is -0.138. The standard InChI is InChI=1S/C17H19NO4/c1-3-17(11-15(19)20,13-8-6-12(2)7-9-13)18-16(21)14-5-4-10-22-14/h4-10H,3,11H2,1-2H3,(H,18,21)(H,19,20)/t17-/m1/s1. The molecule has 0 saturated heterocycles. The maximum atomic E-state index is 12.3. The number of hydrogen-bond acceptors (Lipinski definition) is 3. The number of rotatable bonds is 6. The first-order valence-corrected chi connectivity index (χ1v) is 7.12. The molecule has 1 atom stereocenters. The summed E-state index contributed by atoms with van der Waals surface area (Å²) in [5, 5.41) is 12.1. The summed E-state index contributed by atoms with van der Waals surface area (Å²) in [4.78, 5) is 23.6. The van der Waals surface area contributed by atoms with Gasteiger partial charge in [0.05, 0.1) is 18.2 Å². The topological polar surface area (TPSA) is 79.5 Å². The van der Waals surface area contributed by atoms with Gasteiger partial charge in [-0.05, 0) is 31.0 Å². The summed E-state index contributed by atoms with van der Waals surface area (Å²) in [5.41, 5.74) is 0.869. The fourth-order valence-electron chi connectivity index (χ4n) is 2.45. The predicted molar refractivity (Wildman–Crippen MR) is 81.6 cm³/mol. The molecule has 0 aliphatic heterocycles. The van der Waals surface area contributed by atoms with E-state index in [-0.39, 0.29) is 12.2 Å². The number of carboxylic acid groups (broad SMARTS) is 1. The van der Waals surface area contributed by atoms with Crippen LogP contribution in [0.3, 0.4) is 0 Å². The second-order valence-corrected chi connectivity index (χ2v) is 5.30. The minimum atomic E-state index is -0.970. The molecule has 0 radical (unpaired) electrons. The van der Waals surface area contributed by atoms with Gasteiger partial charge in [-0.15, -0.1) is 0 Å². The van der Waals surface area contributed by atoms with Gasteiger partial charge in [0.15, 0.2) is 5.76 Å². The molecule has 1 aromatic carbocycles. The molecule has 0 unspecified atom stereocenters. The van der Waals surface area contributed by atoms with E-state index in [4.69, 9.17) is 4.42 Å². The lowest BCUT2D eigenvalue weighted by Gasteiger charge is -2.33. The van der Waals surface area contributed by atoms with Gasteiger partial charge in [0.2, 0.25) is 0 Å². The Balaban J connectivity index is 2.38. The molecule has 0 aliphatic carbocycles. The number of aryl methyl sites for hydroxylation is 1. The van der Waals surface area contributed by atoms with E-state index in [1.54, 1.807) is 12.1 Å². The number of furan rings is 1. The van der Waals surface area contributed by atoms with Crippen molar-refractivity contribution in [2.45, 2.75) is 32.2 Å². The third-order valence-electron chi connectivity index (χ3n) is 3.76. The first-order valence-electron chi connectivity index (χ1n) is 7.12. The molecule has 2 aromatic rings. The van der Waals surface area contributed by atoms with Crippen LogP contribution in [0.4, 0.5) is 0 Å². The van der Waals surface area contributed by atoms with Gasteiger partial charge in [-0.2, -0.15) is 0 Å². The molecule has 0 saturated carbocycles. The lowest BCUT2D eigenvalue weighted by Crippen LogP contribution is -2.47. The van der Waals surface area contributed by atoms with E-state index in [2.05, 4.69) is 5.32 Å². The largest absolute Gasteiger partial charge is 0.481 e. The zero-order chi connectivity index (χ0) is 16.2. The summed E-state index contributed by atoms with van der Waals surface area (Å²) in [6.07, 6.45) is 1.67. The number of aliphatic carboxylic acids is 1. The van der Waals surface area contributed by atoms with Crippen molar-refractivity contribution in [2.24, 2.45) is 0 Å². The van der Waals surface area contributed by atoms with Crippen LogP contribution in [0.5, 0.6) is 0 Å². The second-order valence-electron chi connectivity index (χ2n) is 5.30. The lowest BCUT2D eigenvalue weighted by atomic mass is 9.83. The Hall–Kier alpha value is -2.56. The number of amides is 1. The number of benzene rings is 1. The van der Waals surface area contributed by atoms with Crippen LogP contribution >= 0.6 is 0 Å². The average Bonchev–Trinajstić information content (AvgIpc) is 3.01. The van der Waals surface area contributed by atoms with Crippen LogP contribution in [0.2, 0.25) is 0 Å². The molecule has 1 amide bonds. The van der Waals surface area contributed by atoms with Crippen molar-refractivity contribution >= 4 is 11.9 Å². The Bertz CT molecular complexity index is 646. The Morgan fingerprint density at radius 3 is 2.41 bits per heavy atom.